The SMILES string of the molecule is CCCCCCCCCCCCC/C=C\C=CC(=O)O. The summed E-state index contributed by atoms with van der Waals surface area (Å²) in [4.78, 5) is 10.2. The first kappa shape index (κ1) is 18.9. The molecule has 0 aromatic rings. The fourth-order valence-corrected chi connectivity index (χ4v) is 2.24. The van der Waals surface area contributed by atoms with Crippen molar-refractivity contribution in [1.82, 2.24) is 0 Å². The largest absolute Gasteiger partial charge is 0.478 e. The fraction of sp³-hybridized carbons (Fsp3) is 0.722. The number of hydrogen-bond donors (Lipinski definition) is 1. The van der Waals surface area contributed by atoms with Gasteiger partial charge in [0.05, 0.1) is 0 Å². The van der Waals surface area contributed by atoms with Crippen molar-refractivity contribution in [1.29, 1.82) is 0 Å². The van der Waals surface area contributed by atoms with E-state index in [1.807, 2.05) is 12.2 Å². The maximum atomic E-state index is 10.2. The van der Waals surface area contributed by atoms with E-state index in [2.05, 4.69) is 6.92 Å². The highest BCUT2D eigenvalue weighted by Gasteiger charge is 1.92. The third-order valence-electron chi connectivity index (χ3n) is 3.46. The van der Waals surface area contributed by atoms with E-state index in [0.717, 1.165) is 12.5 Å². The van der Waals surface area contributed by atoms with Crippen molar-refractivity contribution in [2.24, 2.45) is 0 Å². The van der Waals surface area contributed by atoms with Crippen molar-refractivity contribution < 1.29 is 9.90 Å². The molecule has 0 bridgehead atoms. The molecule has 0 unspecified atom stereocenters. The van der Waals surface area contributed by atoms with Crippen LogP contribution in [0.2, 0.25) is 0 Å². The van der Waals surface area contributed by atoms with Crippen LogP contribution in [0.5, 0.6) is 0 Å². The van der Waals surface area contributed by atoms with Gasteiger partial charge in [0.15, 0.2) is 0 Å². The minimum Gasteiger partial charge on any atom is -0.478 e. The summed E-state index contributed by atoms with van der Waals surface area (Å²) in [5, 5.41) is 8.40. The number of carbonyl (C=O) groups is 1. The average molecular weight is 280 g/mol. The van der Waals surface area contributed by atoms with Gasteiger partial charge in [-0.05, 0) is 12.8 Å². The molecule has 2 heteroatoms. The second-order valence-corrected chi connectivity index (χ2v) is 5.45. The van der Waals surface area contributed by atoms with Crippen molar-refractivity contribution in [3.8, 4) is 0 Å². The highest BCUT2D eigenvalue weighted by Crippen LogP contribution is 2.11. The smallest absolute Gasteiger partial charge is 0.328 e. The normalized spacial score (nSPS) is 11.7. The molecule has 20 heavy (non-hydrogen) atoms. The molecule has 0 fully saturated rings. The Kier molecular flexibility index (Phi) is 15.2. The topological polar surface area (TPSA) is 37.3 Å². The van der Waals surface area contributed by atoms with Crippen LogP contribution in [-0.2, 0) is 4.79 Å². The Morgan fingerprint density at radius 3 is 1.80 bits per heavy atom. The van der Waals surface area contributed by atoms with E-state index < -0.39 is 5.97 Å². The van der Waals surface area contributed by atoms with Crippen LogP contribution < -0.4 is 0 Å². The Morgan fingerprint density at radius 1 is 0.800 bits per heavy atom. The zero-order chi connectivity index (χ0) is 14.9. The van der Waals surface area contributed by atoms with Crippen LogP contribution in [0.4, 0.5) is 0 Å². The van der Waals surface area contributed by atoms with Crippen LogP contribution in [0.3, 0.4) is 0 Å². The number of allylic oxidation sites excluding steroid dienone is 3. The van der Waals surface area contributed by atoms with Crippen molar-refractivity contribution in [2.45, 2.75) is 84.0 Å². The quantitative estimate of drug-likeness (QED) is 0.245. The monoisotopic (exact) mass is 280 g/mol. The molecule has 0 radical (unpaired) electrons. The van der Waals surface area contributed by atoms with Gasteiger partial charge in [-0.2, -0.15) is 0 Å². The average Bonchev–Trinajstić information content (AvgIpc) is 2.43. The maximum absolute atomic E-state index is 10.2. The Morgan fingerprint density at radius 2 is 1.30 bits per heavy atom. The summed E-state index contributed by atoms with van der Waals surface area (Å²) in [6, 6.07) is 0. The van der Waals surface area contributed by atoms with Gasteiger partial charge in [-0.3, -0.25) is 0 Å². The predicted molar refractivity (Wildman–Crippen MR) is 87.0 cm³/mol. The molecule has 2 nitrogen and oxygen atoms in total. The van der Waals surface area contributed by atoms with Crippen molar-refractivity contribution in [3.63, 3.8) is 0 Å². The lowest BCUT2D eigenvalue weighted by Crippen LogP contribution is -1.84. The molecule has 0 rings (SSSR count). The third kappa shape index (κ3) is 16.9. The van der Waals surface area contributed by atoms with E-state index in [1.54, 1.807) is 6.08 Å². The first-order valence-electron chi connectivity index (χ1n) is 8.33. The zero-order valence-electron chi connectivity index (χ0n) is 13.2. The molecule has 0 aliphatic rings. The Hall–Kier alpha value is -1.05. The van der Waals surface area contributed by atoms with Gasteiger partial charge in [-0.25, -0.2) is 4.79 Å². The molecule has 0 amide bonds. The van der Waals surface area contributed by atoms with Crippen molar-refractivity contribution in [2.75, 3.05) is 0 Å². The maximum Gasteiger partial charge on any atom is 0.328 e. The standard InChI is InChI=1S/C18H32O2/c1-2-3-4-5-6-7-8-9-10-11-12-13-14-15-16-17-18(19)20/h14-17H,2-13H2,1H3,(H,19,20)/b15-14-,17-16?. The van der Waals surface area contributed by atoms with Gasteiger partial charge in [0.1, 0.15) is 0 Å². The first-order valence-corrected chi connectivity index (χ1v) is 8.33. The van der Waals surface area contributed by atoms with Gasteiger partial charge in [0, 0.05) is 6.08 Å². The summed E-state index contributed by atoms with van der Waals surface area (Å²) < 4.78 is 0. The van der Waals surface area contributed by atoms with E-state index in [9.17, 15) is 4.79 Å². The summed E-state index contributed by atoms with van der Waals surface area (Å²) in [7, 11) is 0. The molecule has 0 aliphatic carbocycles. The van der Waals surface area contributed by atoms with Crippen molar-refractivity contribution in [3.05, 3.63) is 24.3 Å². The van der Waals surface area contributed by atoms with Crippen LogP contribution in [-0.4, -0.2) is 11.1 Å². The second-order valence-electron chi connectivity index (χ2n) is 5.45. The lowest BCUT2D eigenvalue weighted by molar-refractivity contribution is -0.131. The number of rotatable bonds is 14. The van der Waals surface area contributed by atoms with Crippen LogP contribution in [0.1, 0.15) is 84.0 Å². The molecule has 0 atom stereocenters. The predicted octanol–water partition coefficient (Wildman–Crippen LogP) is 5.88. The van der Waals surface area contributed by atoms with E-state index in [0.29, 0.717) is 0 Å². The van der Waals surface area contributed by atoms with Gasteiger partial charge in [0.2, 0.25) is 0 Å². The first-order chi connectivity index (χ1) is 9.77. The number of aliphatic carboxylic acids is 1. The summed E-state index contributed by atoms with van der Waals surface area (Å²) in [5.41, 5.74) is 0. The van der Waals surface area contributed by atoms with Crippen LogP contribution in [0.15, 0.2) is 24.3 Å². The van der Waals surface area contributed by atoms with Gasteiger partial charge < -0.3 is 5.11 Å². The molecule has 0 aromatic heterocycles. The second kappa shape index (κ2) is 16.0. The lowest BCUT2D eigenvalue weighted by Gasteiger charge is -2.01. The van der Waals surface area contributed by atoms with E-state index in [1.165, 1.54) is 70.6 Å². The molecule has 0 aromatic carbocycles. The highest BCUT2D eigenvalue weighted by atomic mass is 16.4. The molecule has 0 heterocycles. The van der Waals surface area contributed by atoms with Gasteiger partial charge in [-0.1, -0.05) is 89.4 Å². The Balaban J connectivity index is 3.11. The van der Waals surface area contributed by atoms with Crippen LogP contribution in [0.25, 0.3) is 0 Å². The lowest BCUT2D eigenvalue weighted by atomic mass is 10.1. The van der Waals surface area contributed by atoms with E-state index in [-0.39, 0.29) is 0 Å². The minimum atomic E-state index is -0.885. The summed E-state index contributed by atoms with van der Waals surface area (Å²) in [6.45, 7) is 2.26. The Labute approximate surface area is 125 Å². The molecule has 116 valence electrons. The molecule has 0 aliphatic heterocycles. The molecule has 0 saturated carbocycles. The summed E-state index contributed by atoms with van der Waals surface area (Å²) in [6.07, 6.45) is 22.7. The number of hydrogen-bond acceptors (Lipinski definition) is 1. The minimum absolute atomic E-state index is 0.885. The van der Waals surface area contributed by atoms with Crippen LogP contribution in [0, 0.1) is 0 Å². The van der Waals surface area contributed by atoms with Crippen molar-refractivity contribution >= 4 is 5.97 Å². The van der Waals surface area contributed by atoms with E-state index >= 15 is 0 Å². The molecule has 1 N–H and O–H groups in total. The number of unbranched alkanes of at least 4 members (excludes halogenated alkanes) is 11. The van der Waals surface area contributed by atoms with E-state index in [4.69, 9.17) is 5.11 Å². The zero-order valence-corrected chi connectivity index (χ0v) is 13.2. The molecular formula is C18H32O2. The highest BCUT2D eigenvalue weighted by molar-refractivity contribution is 5.80. The summed E-state index contributed by atoms with van der Waals surface area (Å²) >= 11 is 0. The third-order valence-corrected chi connectivity index (χ3v) is 3.46. The molecule has 0 saturated heterocycles. The number of carboxylic acid groups (broad SMARTS) is 1. The molecular weight excluding hydrogens is 248 g/mol. The van der Waals surface area contributed by atoms with Gasteiger partial charge in [-0.15, -0.1) is 0 Å². The fourth-order valence-electron chi connectivity index (χ4n) is 2.24. The summed E-state index contributed by atoms with van der Waals surface area (Å²) in [5.74, 6) is -0.885. The van der Waals surface area contributed by atoms with Crippen LogP contribution >= 0.6 is 0 Å². The van der Waals surface area contributed by atoms with Gasteiger partial charge in [0.25, 0.3) is 0 Å². The molecule has 0 spiro atoms. The number of carboxylic acids is 1. The Bertz CT molecular complexity index is 267. The van der Waals surface area contributed by atoms with Gasteiger partial charge >= 0.3 is 5.97 Å².